The number of nitrogens with zero attached hydrogens (tertiary/aromatic N) is 6. The van der Waals surface area contributed by atoms with Crippen molar-refractivity contribution in [3.8, 4) is 11.4 Å². The van der Waals surface area contributed by atoms with E-state index in [1.165, 1.54) is 0 Å². The van der Waals surface area contributed by atoms with Crippen LogP contribution in [0.5, 0.6) is 0 Å². The molecule has 8 aromatic rings. The maximum absolute atomic E-state index is 4.85. The molecule has 0 fully saturated rings. The molecule has 0 N–H and O–H groups in total. The lowest BCUT2D eigenvalue weighted by Crippen LogP contribution is -2.00. The van der Waals surface area contributed by atoms with Crippen LogP contribution in [0.2, 0.25) is 0 Å². The van der Waals surface area contributed by atoms with Gasteiger partial charge in [0.2, 0.25) is 0 Å². The number of para-hydroxylation sites is 3. The summed E-state index contributed by atoms with van der Waals surface area (Å²) in [4.78, 5) is 18.0. The molecule has 0 aliphatic heterocycles. The summed E-state index contributed by atoms with van der Waals surface area (Å²) in [6.45, 7) is 0. The van der Waals surface area contributed by atoms with Gasteiger partial charge >= 0.3 is 0 Å². The van der Waals surface area contributed by atoms with E-state index in [-0.39, 0.29) is 0 Å². The Kier molecular flexibility index (Phi) is 3.85. The largest absolute Gasteiger partial charge is 0.307 e. The van der Waals surface area contributed by atoms with Crippen LogP contribution in [-0.2, 0) is 0 Å². The molecule has 0 amide bonds. The predicted molar refractivity (Wildman–Crippen MR) is 144 cm³/mol. The summed E-state index contributed by atoms with van der Waals surface area (Å²) in [5.74, 6) is 0. The minimum Gasteiger partial charge on any atom is -0.307 e. The number of fused-ring (bicyclic) bond motifs is 10. The first-order chi connectivity index (χ1) is 17.9. The lowest BCUT2D eigenvalue weighted by atomic mass is 10.0. The normalized spacial score (nSPS) is 11.9. The van der Waals surface area contributed by atoms with E-state index in [1.54, 1.807) is 12.7 Å². The first-order valence-corrected chi connectivity index (χ1v) is 11.8. The predicted octanol–water partition coefficient (Wildman–Crippen LogP) is 6.61. The molecule has 4 aromatic carbocycles. The van der Waals surface area contributed by atoms with Gasteiger partial charge in [0.05, 0.1) is 45.7 Å². The van der Waals surface area contributed by atoms with Gasteiger partial charge < -0.3 is 9.13 Å². The summed E-state index contributed by atoms with van der Waals surface area (Å²) in [5, 5.41) is 5.56. The highest BCUT2D eigenvalue weighted by Gasteiger charge is 2.25. The van der Waals surface area contributed by atoms with E-state index in [4.69, 9.17) is 4.98 Å². The van der Waals surface area contributed by atoms with Crippen molar-refractivity contribution in [1.82, 2.24) is 29.1 Å². The van der Waals surface area contributed by atoms with E-state index in [9.17, 15) is 0 Å². The Morgan fingerprint density at radius 2 is 1.06 bits per heavy atom. The van der Waals surface area contributed by atoms with Crippen LogP contribution in [0, 0.1) is 0 Å². The number of rotatable bonds is 2. The maximum atomic E-state index is 4.85. The van der Waals surface area contributed by atoms with Crippen LogP contribution < -0.4 is 0 Å². The zero-order valence-corrected chi connectivity index (χ0v) is 19.1. The second kappa shape index (κ2) is 7.20. The Balaban J connectivity index is 1.79. The highest BCUT2D eigenvalue weighted by molar-refractivity contribution is 6.35. The number of hydrogen-bond donors (Lipinski definition) is 0. The van der Waals surface area contributed by atoms with Gasteiger partial charge in [0.15, 0.2) is 0 Å². The monoisotopic (exact) mass is 462 g/mol. The Labute approximate surface area is 205 Å². The van der Waals surface area contributed by atoms with Crippen LogP contribution in [0.3, 0.4) is 0 Å². The molecule has 0 aliphatic rings. The van der Waals surface area contributed by atoms with Crippen LogP contribution >= 0.6 is 0 Å². The zero-order valence-electron chi connectivity index (χ0n) is 19.1. The van der Waals surface area contributed by atoms with Gasteiger partial charge in [-0.15, -0.1) is 0 Å². The van der Waals surface area contributed by atoms with Crippen molar-refractivity contribution in [2.45, 2.75) is 0 Å². The molecule has 4 aromatic heterocycles. The summed E-state index contributed by atoms with van der Waals surface area (Å²) in [6.07, 6.45) is 8.89. The smallest absolute Gasteiger partial charge is 0.116 e. The highest BCUT2D eigenvalue weighted by atomic mass is 15.1. The SMILES string of the molecule is c1ccc(-n2c3ccccc3c3c4ncncc4c4c5ccccc5n(-c5cncnc5)c4c32)cc1. The van der Waals surface area contributed by atoms with Gasteiger partial charge in [-0.05, 0) is 24.3 Å². The summed E-state index contributed by atoms with van der Waals surface area (Å²) in [7, 11) is 0. The average molecular weight is 463 g/mol. The van der Waals surface area contributed by atoms with Crippen LogP contribution in [0.25, 0.3) is 65.9 Å². The number of benzene rings is 4. The average Bonchev–Trinajstić information content (AvgIpc) is 3.48. The molecule has 0 atom stereocenters. The molecule has 6 heteroatoms. The second-order valence-electron chi connectivity index (χ2n) is 8.87. The van der Waals surface area contributed by atoms with Crippen molar-refractivity contribution in [3.05, 3.63) is 110 Å². The third-order valence-corrected chi connectivity index (χ3v) is 7.01. The van der Waals surface area contributed by atoms with Crippen molar-refractivity contribution in [2.24, 2.45) is 0 Å². The molecule has 0 aliphatic carbocycles. The van der Waals surface area contributed by atoms with Crippen molar-refractivity contribution in [1.29, 1.82) is 0 Å². The first kappa shape index (κ1) is 19.2. The molecular weight excluding hydrogens is 444 g/mol. The third kappa shape index (κ3) is 2.45. The Morgan fingerprint density at radius 1 is 0.472 bits per heavy atom. The number of hydrogen-bond acceptors (Lipinski definition) is 4. The molecule has 0 spiro atoms. The molecule has 4 heterocycles. The van der Waals surface area contributed by atoms with Crippen LogP contribution in [0.4, 0.5) is 0 Å². The van der Waals surface area contributed by atoms with Crippen molar-refractivity contribution < 1.29 is 0 Å². The van der Waals surface area contributed by atoms with E-state index in [0.29, 0.717) is 0 Å². The van der Waals surface area contributed by atoms with E-state index in [0.717, 1.165) is 65.9 Å². The topological polar surface area (TPSA) is 61.4 Å². The Bertz CT molecular complexity index is 1940. The molecule has 0 radical (unpaired) electrons. The maximum Gasteiger partial charge on any atom is 0.116 e. The van der Waals surface area contributed by atoms with Gasteiger partial charge in [-0.25, -0.2) is 19.9 Å². The number of aromatic nitrogens is 6. The molecule has 0 saturated heterocycles. The molecule has 0 unspecified atom stereocenters. The lowest BCUT2D eigenvalue weighted by Gasteiger charge is -2.13. The van der Waals surface area contributed by atoms with Crippen LogP contribution in [0.15, 0.2) is 110 Å². The highest BCUT2D eigenvalue weighted by Crippen LogP contribution is 2.45. The van der Waals surface area contributed by atoms with Crippen molar-refractivity contribution in [3.63, 3.8) is 0 Å². The molecule has 0 bridgehead atoms. The summed E-state index contributed by atoms with van der Waals surface area (Å²) in [5.41, 5.74) is 7.36. The Hall–Kier alpha value is -5.10. The molecular formula is C30H18N6. The zero-order chi connectivity index (χ0) is 23.6. The van der Waals surface area contributed by atoms with Crippen LogP contribution in [-0.4, -0.2) is 29.1 Å². The standard InChI is InChI=1S/C30H18N6/c1-2-8-19(9-3-1)35-25-13-7-5-11-22(25)27-28-23(16-33-18-34-28)26-21-10-4-6-12-24(21)36(29(26)30(27)35)20-14-31-17-32-15-20/h1-18H. The summed E-state index contributed by atoms with van der Waals surface area (Å²) >= 11 is 0. The van der Waals surface area contributed by atoms with E-state index >= 15 is 0 Å². The van der Waals surface area contributed by atoms with Gasteiger partial charge in [0.25, 0.3) is 0 Å². The lowest BCUT2D eigenvalue weighted by molar-refractivity contribution is 1.07. The fourth-order valence-electron chi connectivity index (χ4n) is 5.67. The minimum absolute atomic E-state index is 0.908. The summed E-state index contributed by atoms with van der Waals surface area (Å²) in [6, 6.07) is 27.5. The van der Waals surface area contributed by atoms with Gasteiger partial charge in [0.1, 0.15) is 12.7 Å². The van der Waals surface area contributed by atoms with Crippen LogP contribution in [0.1, 0.15) is 0 Å². The molecule has 36 heavy (non-hydrogen) atoms. The van der Waals surface area contributed by atoms with Gasteiger partial charge in [-0.1, -0.05) is 54.6 Å². The fourth-order valence-corrected chi connectivity index (χ4v) is 5.67. The molecule has 0 saturated carbocycles. The molecule has 8 rings (SSSR count). The van der Waals surface area contributed by atoms with Gasteiger partial charge in [0, 0.05) is 38.8 Å². The van der Waals surface area contributed by atoms with E-state index < -0.39 is 0 Å². The fraction of sp³-hybridized carbons (Fsp3) is 0. The summed E-state index contributed by atoms with van der Waals surface area (Å²) < 4.78 is 4.63. The van der Waals surface area contributed by atoms with E-state index in [1.807, 2.05) is 24.7 Å². The third-order valence-electron chi connectivity index (χ3n) is 7.01. The second-order valence-corrected chi connectivity index (χ2v) is 8.87. The quantitative estimate of drug-likeness (QED) is 0.290. The molecule has 6 nitrogen and oxygen atoms in total. The van der Waals surface area contributed by atoms with Gasteiger partial charge in [-0.3, -0.25) is 0 Å². The van der Waals surface area contributed by atoms with Gasteiger partial charge in [-0.2, -0.15) is 0 Å². The van der Waals surface area contributed by atoms with E-state index in [2.05, 4.69) is 96.9 Å². The minimum atomic E-state index is 0.908. The Morgan fingerprint density at radius 3 is 1.81 bits per heavy atom. The first-order valence-electron chi connectivity index (χ1n) is 11.8. The van der Waals surface area contributed by atoms with Crippen molar-refractivity contribution in [2.75, 3.05) is 0 Å². The van der Waals surface area contributed by atoms with Crippen molar-refractivity contribution >= 4 is 54.5 Å². The molecule has 168 valence electrons.